The van der Waals surface area contributed by atoms with E-state index in [-0.39, 0.29) is 24.7 Å². The molecule has 33 heavy (non-hydrogen) atoms. The Kier molecular flexibility index (Phi) is 5.16. The number of nitriles is 1. The minimum Gasteiger partial charge on any atom is -0.454 e. The standard InChI is InChI=1S/C24H27N5O4/c1-24(2,3)33-23(30)29-9-7-14(8-10-29)20-16(11-25)19(17-12-26-28-22(17)27-20)15-5-4-6-18-21(15)32-13-31-18/h4-6,12,14,19H,7-10,13H2,1-3H3,(H2,26,27,28). The number of aromatic nitrogens is 2. The second-order valence-electron chi connectivity index (χ2n) is 9.51. The maximum atomic E-state index is 12.5. The van der Waals surface area contributed by atoms with Crippen molar-refractivity contribution >= 4 is 11.9 Å². The summed E-state index contributed by atoms with van der Waals surface area (Å²) in [6, 6.07) is 8.22. The normalized spacial score (nSPS) is 20.2. The summed E-state index contributed by atoms with van der Waals surface area (Å²) in [6.45, 7) is 6.90. The number of hydrogen-bond donors (Lipinski definition) is 2. The number of carbonyl (C=O) groups excluding carboxylic acids is 1. The third-order valence-electron chi connectivity index (χ3n) is 6.23. The van der Waals surface area contributed by atoms with Crippen molar-refractivity contribution in [2.45, 2.75) is 45.1 Å². The van der Waals surface area contributed by atoms with Gasteiger partial charge in [-0.2, -0.15) is 10.4 Å². The Hall–Kier alpha value is -3.67. The minimum absolute atomic E-state index is 0.0969. The highest BCUT2D eigenvalue weighted by atomic mass is 16.7. The molecular weight excluding hydrogens is 422 g/mol. The number of likely N-dealkylation sites (tertiary alicyclic amines) is 1. The molecule has 172 valence electrons. The molecule has 0 saturated carbocycles. The zero-order chi connectivity index (χ0) is 23.2. The molecule has 1 aromatic carbocycles. The molecule has 2 aromatic rings. The molecule has 1 saturated heterocycles. The number of para-hydroxylation sites is 1. The van der Waals surface area contributed by atoms with E-state index in [0.29, 0.717) is 36.0 Å². The van der Waals surface area contributed by atoms with E-state index in [9.17, 15) is 10.1 Å². The number of rotatable bonds is 2. The van der Waals surface area contributed by atoms with Gasteiger partial charge in [-0.25, -0.2) is 4.79 Å². The van der Waals surface area contributed by atoms with E-state index in [1.165, 1.54) is 0 Å². The number of benzene rings is 1. The molecule has 0 aliphatic carbocycles. The number of nitrogens with one attached hydrogen (secondary N) is 2. The molecule has 0 spiro atoms. The summed E-state index contributed by atoms with van der Waals surface area (Å²) in [5.74, 6) is 1.84. The van der Waals surface area contributed by atoms with Gasteiger partial charge in [-0.05, 0) is 39.7 Å². The number of amides is 1. The Morgan fingerprint density at radius 1 is 1.24 bits per heavy atom. The highest BCUT2D eigenvalue weighted by Crippen LogP contribution is 2.49. The number of hydrogen-bond acceptors (Lipinski definition) is 7. The number of carbonyl (C=O) groups is 1. The summed E-state index contributed by atoms with van der Waals surface area (Å²) in [4.78, 5) is 14.2. The van der Waals surface area contributed by atoms with Gasteiger partial charge in [-0.1, -0.05) is 12.1 Å². The average Bonchev–Trinajstić information content (AvgIpc) is 3.46. The van der Waals surface area contributed by atoms with Crippen molar-refractivity contribution < 1.29 is 19.0 Å². The van der Waals surface area contributed by atoms with Crippen LogP contribution in [-0.2, 0) is 4.74 Å². The van der Waals surface area contributed by atoms with Gasteiger partial charge >= 0.3 is 6.09 Å². The lowest BCUT2D eigenvalue weighted by molar-refractivity contribution is 0.0194. The first-order valence-electron chi connectivity index (χ1n) is 11.2. The summed E-state index contributed by atoms with van der Waals surface area (Å²) < 4.78 is 16.9. The highest BCUT2D eigenvalue weighted by Gasteiger charge is 2.38. The molecule has 1 atom stereocenters. The van der Waals surface area contributed by atoms with Crippen molar-refractivity contribution in [2.75, 3.05) is 25.2 Å². The van der Waals surface area contributed by atoms with Crippen molar-refractivity contribution in [3.05, 3.63) is 46.8 Å². The number of anilines is 1. The SMILES string of the molecule is CC(C)(C)OC(=O)N1CCC(C2=C(C#N)C(c3cccc4c3OCO4)c3c[nH]nc3N2)CC1. The number of aromatic amines is 1. The molecule has 1 fully saturated rings. The Morgan fingerprint density at radius 3 is 2.76 bits per heavy atom. The van der Waals surface area contributed by atoms with E-state index in [1.54, 1.807) is 4.90 Å². The molecule has 1 unspecified atom stereocenters. The summed E-state index contributed by atoms with van der Waals surface area (Å²) >= 11 is 0. The van der Waals surface area contributed by atoms with Crippen LogP contribution in [0.3, 0.4) is 0 Å². The van der Waals surface area contributed by atoms with Crippen LogP contribution in [0.4, 0.5) is 10.6 Å². The number of nitrogens with zero attached hydrogens (tertiary/aromatic N) is 3. The van der Waals surface area contributed by atoms with Crippen LogP contribution in [0.1, 0.15) is 50.7 Å². The van der Waals surface area contributed by atoms with E-state index >= 15 is 0 Å². The van der Waals surface area contributed by atoms with Crippen molar-refractivity contribution in [1.29, 1.82) is 5.26 Å². The van der Waals surface area contributed by atoms with E-state index in [1.807, 2.05) is 45.2 Å². The highest BCUT2D eigenvalue weighted by molar-refractivity contribution is 5.69. The van der Waals surface area contributed by atoms with Crippen LogP contribution in [-0.4, -0.2) is 46.7 Å². The van der Waals surface area contributed by atoms with Gasteiger partial charge < -0.3 is 24.4 Å². The van der Waals surface area contributed by atoms with E-state index < -0.39 is 5.60 Å². The topological polar surface area (TPSA) is 113 Å². The maximum absolute atomic E-state index is 12.5. The maximum Gasteiger partial charge on any atom is 0.410 e. The molecule has 1 amide bonds. The summed E-state index contributed by atoms with van der Waals surface area (Å²) in [6.07, 6.45) is 2.98. The van der Waals surface area contributed by atoms with Crippen molar-refractivity contribution in [1.82, 2.24) is 15.1 Å². The summed E-state index contributed by atoms with van der Waals surface area (Å²) in [7, 11) is 0. The second-order valence-corrected chi connectivity index (χ2v) is 9.51. The lowest BCUT2D eigenvalue weighted by atomic mass is 9.78. The third kappa shape index (κ3) is 3.86. The molecule has 3 aliphatic heterocycles. The van der Waals surface area contributed by atoms with Gasteiger partial charge in [0.15, 0.2) is 17.3 Å². The largest absolute Gasteiger partial charge is 0.454 e. The van der Waals surface area contributed by atoms with Gasteiger partial charge in [-0.15, -0.1) is 0 Å². The Balaban J connectivity index is 1.45. The number of ether oxygens (including phenoxy) is 3. The van der Waals surface area contributed by atoms with Crippen molar-refractivity contribution in [3.8, 4) is 17.6 Å². The minimum atomic E-state index is -0.527. The van der Waals surface area contributed by atoms with Crippen LogP contribution in [0, 0.1) is 17.2 Å². The van der Waals surface area contributed by atoms with E-state index in [2.05, 4.69) is 21.6 Å². The zero-order valence-electron chi connectivity index (χ0n) is 19.0. The summed E-state index contributed by atoms with van der Waals surface area (Å²) in [5, 5.41) is 21.0. The quantitative estimate of drug-likeness (QED) is 0.709. The van der Waals surface area contributed by atoms with Gasteiger partial charge in [0, 0.05) is 42.0 Å². The zero-order valence-corrected chi connectivity index (χ0v) is 19.0. The Labute approximate surface area is 192 Å². The molecule has 0 radical (unpaired) electrons. The first-order valence-corrected chi connectivity index (χ1v) is 11.2. The van der Waals surface area contributed by atoms with Crippen LogP contribution in [0.25, 0.3) is 0 Å². The monoisotopic (exact) mass is 449 g/mol. The fourth-order valence-electron chi connectivity index (χ4n) is 4.75. The van der Waals surface area contributed by atoms with Crippen LogP contribution < -0.4 is 14.8 Å². The predicted molar refractivity (Wildman–Crippen MR) is 120 cm³/mol. The van der Waals surface area contributed by atoms with Gasteiger partial charge in [0.1, 0.15) is 5.60 Å². The predicted octanol–water partition coefficient (Wildman–Crippen LogP) is 4.12. The molecule has 2 N–H and O–H groups in total. The molecule has 9 nitrogen and oxygen atoms in total. The van der Waals surface area contributed by atoms with Gasteiger partial charge in [0.05, 0.1) is 17.6 Å². The van der Waals surface area contributed by atoms with Crippen LogP contribution >= 0.6 is 0 Å². The van der Waals surface area contributed by atoms with E-state index in [4.69, 9.17) is 14.2 Å². The van der Waals surface area contributed by atoms with Crippen LogP contribution in [0.2, 0.25) is 0 Å². The Bertz CT molecular complexity index is 1150. The fourth-order valence-corrected chi connectivity index (χ4v) is 4.75. The number of allylic oxidation sites excluding steroid dienone is 2. The number of H-pyrrole nitrogens is 1. The molecule has 3 aliphatic rings. The van der Waals surface area contributed by atoms with E-state index in [0.717, 1.165) is 29.7 Å². The van der Waals surface area contributed by atoms with Crippen molar-refractivity contribution in [3.63, 3.8) is 0 Å². The molecular formula is C24H27N5O4. The Morgan fingerprint density at radius 2 is 2.03 bits per heavy atom. The lowest BCUT2D eigenvalue weighted by Crippen LogP contribution is -2.42. The first kappa shape index (κ1) is 21.2. The molecule has 1 aromatic heterocycles. The molecule has 5 rings (SSSR count). The number of fused-ring (bicyclic) bond motifs is 2. The molecule has 9 heteroatoms. The smallest absolute Gasteiger partial charge is 0.410 e. The average molecular weight is 450 g/mol. The van der Waals surface area contributed by atoms with Crippen molar-refractivity contribution in [2.24, 2.45) is 5.92 Å². The summed E-state index contributed by atoms with van der Waals surface area (Å²) in [5.41, 5.74) is 2.76. The molecule has 0 bridgehead atoms. The van der Waals surface area contributed by atoms with Crippen LogP contribution in [0.5, 0.6) is 11.5 Å². The van der Waals surface area contributed by atoms with Crippen LogP contribution in [0.15, 0.2) is 35.7 Å². The van der Waals surface area contributed by atoms with Gasteiger partial charge in [0.25, 0.3) is 0 Å². The van der Waals surface area contributed by atoms with Gasteiger partial charge in [0.2, 0.25) is 6.79 Å². The van der Waals surface area contributed by atoms with Gasteiger partial charge in [-0.3, -0.25) is 5.10 Å². The first-order chi connectivity index (χ1) is 15.9. The number of piperidine rings is 1. The fraction of sp³-hybridized carbons (Fsp3) is 0.458. The third-order valence-corrected chi connectivity index (χ3v) is 6.23. The molecule has 4 heterocycles. The lowest BCUT2D eigenvalue weighted by Gasteiger charge is -2.36. The second kappa shape index (κ2) is 8.03.